The highest BCUT2D eigenvalue weighted by Gasteiger charge is 1.99. The first kappa shape index (κ1) is 14.6. The first-order chi connectivity index (χ1) is 9.25. The average Bonchev–Trinajstić information content (AvgIpc) is 2.42. The van der Waals surface area contributed by atoms with E-state index >= 15 is 0 Å². The van der Waals surface area contributed by atoms with Gasteiger partial charge in [0.1, 0.15) is 0 Å². The van der Waals surface area contributed by atoms with Crippen LogP contribution in [-0.2, 0) is 6.42 Å². The molecule has 100 valence electrons. The van der Waals surface area contributed by atoms with Gasteiger partial charge < -0.3 is 0 Å². The minimum Gasteiger partial charge on any atom is -0.260 e. The Labute approximate surface area is 128 Å². The second-order valence-corrected chi connectivity index (χ2v) is 6.34. The smallest absolute Gasteiger partial charge is 0.0258 e. The van der Waals surface area contributed by atoms with Crippen molar-refractivity contribution < 1.29 is 0 Å². The first-order valence-electron chi connectivity index (χ1n) is 6.45. The molecule has 0 amide bonds. The lowest BCUT2D eigenvalue weighted by atomic mass is 10.1. The maximum atomic E-state index is 3.49. The summed E-state index contributed by atoms with van der Waals surface area (Å²) in [6, 6.07) is 17.0. The molecule has 0 heterocycles. The van der Waals surface area contributed by atoms with Crippen molar-refractivity contribution in [2.24, 2.45) is 0 Å². The van der Waals surface area contributed by atoms with Gasteiger partial charge in [0, 0.05) is 15.9 Å². The zero-order valence-electron chi connectivity index (χ0n) is 11.0. The molecule has 2 aromatic carbocycles. The first-order valence-corrected chi connectivity index (χ1v) is 8.06. The van der Waals surface area contributed by atoms with Gasteiger partial charge in [0.2, 0.25) is 0 Å². The Bertz CT molecular complexity index is 513. The lowest BCUT2D eigenvalue weighted by Crippen LogP contribution is -2.06. The molecule has 0 fully saturated rings. The van der Waals surface area contributed by atoms with E-state index in [9.17, 15) is 0 Å². The Morgan fingerprint density at radius 2 is 1.89 bits per heavy atom. The summed E-state index contributed by atoms with van der Waals surface area (Å²) in [6.45, 7) is 3.16. The van der Waals surface area contributed by atoms with Crippen LogP contribution in [0.15, 0.2) is 57.9 Å². The summed E-state index contributed by atoms with van der Waals surface area (Å²) < 4.78 is 4.57. The van der Waals surface area contributed by atoms with E-state index in [1.165, 1.54) is 16.0 Å². The number of rotatable bonds is 6. The minimum atomic E-state index is 1.02. The van der Waals surface area contributed by atoms with E-state index in [0.29, 0.717) is 0 Å². The molecule has 0 atom stereocenters. The zero-order chi connectivity index (χ0) is 13.5. The van der Waals surface area contributed by atoms with Crippen molar-refractivity contribution in [3.63, 3.8) is 0 Å². The van der Waals surface area contributed by atoms with Crippen LogP contribution < -0.4 is 4.72 Å². The second-order valence-electron chi connectivity index (χ2n) is 4.50. The monoisotopic (exact) mass is 335 g/mol. The Morgan fingerprint density at radius 1 is 1.11 bits per heavy atom. The second kappa shape index (κ2) is 7.73. The molecule has 2 rings (SSSR count). The van der Waals surface area contributed by atoms with Crippen molar-refractivity contribution in [1.29, 1.82) is 0 Å². The fourth-order valence-electron chi connectivity index (χ4n) is 1.87. The molecule has 1 N–H and O–H groups in total. The molecule has 0 spiro atoms. The zero-order valence-corrected chi connectivity index (χ0v) is 13.4. The molecule has 0 saturated heterocycles. The van der Waals surface area contributed by atoms with Gasteiger partial charge in [-0.15, -0.1) is 0 Å². The van der Waals surface area contributed by atoms with Gasteiger partial charge in [-0.2, -0.15) is 0 Å². The highest BCUT2D eigenvalue weighted by Crippen LogP contribution is 2.23. The Morgan fingerprint density at radius 3 is 2.63 bits per heavy atom. The van der Waals surface area contributed by atoms with E-state index in [4.69, 9.17) is 0 Å². The number of aryl methyl sites for hydroxylation is 2. The molecule has 0 aromatic heterocycles. The third kappa shape index (κ3) is 5.01. The predicted molar refractivity (Wildman–Crippen MR) is 87.5 cm³/mol. The maximum Gasteiger partial charge on any atom is 0.0258 e. The van der Waals surface area contributed by atoms with Gasteiger partial charge in [0.15, 0.2) is 0 Å². The third-order valence-electron chi connectivity index (χ3n) is 2.91. The largest absolute Gasteiger partial charge is 0.260 e. The number of hydrogen-bond donors (Lipinski definition) is 1. The van der Waals surface area contributed by atoms with E-state index in [0.717, 1.165) is 23.9 Å². The lowest BCUT2D eigenvalue weighted by molar-refractivity contribution is 0.797. The summed E-state index contributed by atoms with van der Waals surface area (Å²) >= 11 is 5.21. The molecule has 0 aliphatic rings. The highest BCUT2D eigenvalue weighted by molar-refractivity contribution is 9.10. The quantitative estimate of drug-likeness (QED) is 0.589. The van der Waals surface area contributed by atoms with Gasteiger partial charge in [-0.1, -0.05) is 46.3 Å². The number of halogens is 1. The van der Waals surface area contributed by atoms with Crippen LogP contribution >= 0.6 is 27.9 Å². The van der Waals surface area contributed by atoms with E-state index < -0.39 is 0 Å². The van der Waals surface area contributed by atoms with Crippen molar-refractivity contribution >= 4 is 27.9 Å². The molecule has 0 radical (unpaired) electrons. The SMILES string of the molecule is Cc1cc(Br)ccc1SNCCCc1ccccc1. The Hall–Kier alpha value is -0.770. The lowest BCUT2D eigenvalue weighted by Gasteiger charge is -2.07. The normalized spacial score (nSPS) is 10.6. The van der Waals surface area contributed by atoms with Crippen LogP contribution in [0, 0.1) is 6.92 Å². The van der Waals surface area contributed by atoms with Crippen LogP contribution in [0.5, 0.6) is 0 Å². The fraction of sp³-hybridized carbons (Fsp3) is 0.250. The third-order valence-corrected chi connectivity index (χ3v) is 4.43. The van der Waals surface area contributed by atoms with Crippen LogP contribution in [0.1, 0.15) is 17.5 Å². The van der Waals surface area contributed by atoms with Gasteiger partial charge in [-0.25, -0.2) is 0 Å². The maximum absolute atomic E-state index is 3.49. The van der Waals surface area contributed by atoms with E-state index in [1.54, 1.807) is 11.9 Å². The molecule has 1 nitrogen and oxygen atoms in total. The van der Waals surface area contributed by atoms with Gasteiger partial charge in [0.25, 0.3) is 0 Å². The molecular weight excluding hydrogens is 318 g/mol. The molecule has 3 heteroatoms. The van der Waals surface area contributed by atoms with Crippen molar-refractivity contribution in [3.05, 3.63) is 64.1 Å². The Kier molecular flexibility index (Phi) is 5.95. The molecular formula is C16H18BrNS. The van der Waals surface area contributed by atoms with E-state index in [-0.39, 0.29) is 0 Å². The fourth-order valence-corrected chi connectivity index (χ4v) is 3.10. The van der Waals surface area contributed by atoms with Crippen molar-refractivity contribution in [2.45, 2.75) is 24.7 Å². The van der Waals surface area contributed by atoms with Crippen LogP contribution in [0.4, 0.5) is 0 Å². The number of nitrogens with one attached hydrogen (secondary N) is 1. The summed E-state index contributed by atoms with van der Waals surface area (Å²) in [5.41, 5.74) is 2.71. The summed E-state index contributed by atoms with van der Waals surface area (Å²) in [5.74, 6) is 0. The van der Waals surface area contributed by atoms with Gasteiger partial charge in [-0.05, 0) is 61.0 Å². The van der Waals surface area contributed by atoms with Gasteiger partial charge in [0.05, 0.1) is 0 Å². The summed E-state index contributed by atoms with van der Waals surface area (Å²) in [5, 5.41) is 0. The molecule has 0 unspecified atom stereocenters. The van der Waals surface area contributed by atoms with Crippen LogP contribution in [-0.4, -0.2) is 6.54 Å². The van der Waals surface area contributed by atoms with Crippen molar-refractivity contribution in [2.75, 3.05) is 6.54 Å². The van der Waals surface area contributed by atoms with E-state index in [2.05, 4.69) is 76.1 Å². The standard InChI is InChI=1S/C16H18BrNS/c1-13-12-15(17)9-10-16(13)19-18-11-5-8-14-6-3-2-4-7-14/h2-4,6-7,9-10,12,18H,5,8,11H2,1H3. The van der Waals surface area contributed by atoms with Gasteiger partial charge in [-0.3, -0.25) is 4.72 Å². The van der Waals surface area contributed by atoms with Crippen LogP contribution in [0.2, 0.25) is 0 Å². The molecule has 0 saturated carbocycles. The molecule has 0 bridgehead atoms. The van der Waals surface area contributed by atoms with Crippen molar-refractivity contribution in [3.8, 4) is 0 Å². The Balaban J connectivity index is 1.69. The van der Waals surface area contributed by atoms with Crippen LogP contribution in [0.3, 0.4) is 0 Å². The average molecular weight is 336 g/mol. The highest BCUT2D eigenvalue weighted by atomic mass is 79.9. The summed E-state index contributed by atoms with van der Waals surface area (Å²) in [4.78, 5) is 1.29. The number of hydrogen-bond acceptors (Lipinski definition) is 2. The summed E-state index contributed by atoms with van der Waals surface area (Å²) in [7, 11) is 0. The molecule has 0 aliphatic carbocycles. The molecule has 0 aliphatic heterocycles. The number of benzene rings is 2. The topological polar surface area (TPSA) is 12.0 Å². The van der Waals surface area contributed by atoms with Crippen LogP contribution in [0.25, 0.3) is 0 Å². The minimum absolute atomic E-state index is 1.02. The van der Waals surface area contributed by atoms with E-state index in [1.807, 2.05) is 0 Å². The van der Waals surface area contributed by atoms with Crippen molar-refractivity contribution in [1.82, 2.24) is 4.72 Å². The predicted octanol–water partition coefficient (Wildman–Crippen LogP) is 4.99. The molecule has 2 aromatic rings. The molecule has 19 heavy (non-hydrogen) atoms. The van der Waals surface area contributed by atoms with Gasteiger partial charge >= 0.3 is 0 Å². The summed E-state index contributed by atoms with van der Waals surface area (Å²) in [6.07, 6.45) is 2.29.